The minimum absolute atomic E-state index is 0.333. The Morgan fingerprint density at radius 2 is 1.31 bits per heavy atom. The van der Waals surface area contributed by atoms with E-state index < -0.39 is 0 Å². The molecule has 1 fully saturated rings. The van der Waals surface area contributed by atoms with Gasteiger partial charge in [-0.25, -0.2) is 0 Å². The molecule has 1 saturated heterocycles. The van der Waals surface area contributed by atoms with Crippen molar-refractivity contribution in [2.24, 2.45) is 0 Å². The molecule has 132 valence electrons. The molecule has 0 aliphatic carbocycles. The zero-order valence-electron chi connectivity index (χ0n) is 15.7. The van der Waals surface area contributed by atoms with Gasteiger partial charge < -0.3 is 14.0 Å². The molecule has 0 spiro atoms. The fraction of sp³-hybridized carbons (Fsp3) is 0.273. The van der Waals surface area contributed by atoms with Gasteiger partial charge in [0.25, 0.3) is 0 Å². The van der Waals surface area contributed by atoms with Gasteiger partial charge in [0.15, 0.2) is 0 Å². The molecule has 1 heterocycles. The summed E-state index contributed by atoms with van der Waals surface area (Å²) in [6, 6.07) is 22.2. The summed E-state index contributed by atoms with van der Waals surface area (Å²) in [7, 11) is -0.343. The van der Waals surface area contributed by atoms with E-state index >= 15 is 0 Å². The van der Waals surface area contributed by atoms with Gasteiger partial charge in [-0.05, 0) is 68.2 Å². The van der Waals surface area contributed by atoms with Crippen LogP contribution < -0.4 is 10.2 Å². The summed E-state index contributed by atoms with van der Waals surface area (Å²) < 4.78 is 18.2. The first kappa shape index (κ1) is 17.1. The van der Waals surface area contributed by atoms with Crippen molar-refractivity contribution in [3.8, 4) is 11.5 Å². The van der Waals surface area contributed by atoms with Crippen molar-refractivity contribution >= 4 is 23.4 Å². The van der Waals surface area contributed by atoms with Crippen molar-refractivity contribution in [2.75, 3.05) is 0 Å². The highest BCUT2D eigenvalue weighted by atomic mass is 16.7. The van der Waals surface area contributed by atoms with Crippen molar-refractivity contribution in [1.82, 2.24) is 0 Å². The molecule has 3 aromatic rings. The van der Waals surface area contributed by atoms with E-state index in [0.29, 0.717) is 0 Å². The molecule has 1 aliphatic heterocycles. The Bertz CT molecular complexity index is 919. The van der Waals surface area contributed by atoms with E-state index in [-0.39, 0.29) is 18.3 Å². The Hall–Kier alpha value is -2.30. The van der Waals surface area contributed by atoms with Crippen LogP contribution in [0.15, 0.2) is 66.7 Å². The lowest BCUT2D eigenvalue weighted by molar-refractivity contribution is 0.00578. The Kier molecular flexibility index (Phi) is 4.05. The first-order chi connectivity index (χ1) is 12.3. The molecular formula is C22H23BO3. The van der Waals surface area contributed by atoms with Crippen LogP contribution in [0.1, 0.15) is 27.7 Å². The van der Waals surface area contributed by atoms with Crippen molar-refractivity contribution in [3.05, 3.63) is 66.7 Å². The lowest BCUT2D eigenvalue weighted by Gasteiger charge is -2.32. The largest absolute Gasteiger partial charge is 0.494 e. The maximum absolute atomic E-state index is 6.15. The van der Waals surface area contributed by atoms with Crippen LogP contribution >= 0.6 is 0 Å². The molecule has 0 saturated carbocycles. The molecule has 0 unspecified atom stereocenters. The number of hydrogen-bond donors (Lipinski definition) is 0. The second kappa shape index (κ2) is 6.15. The van der Waals surface area contributed by atoms with Crippen LogP contribution in [0.3, 0.4) is 0 Å². The molecule has 0 N–H and O–H groups in total. The number of benzene rings is 3. The van der Waals surface area contributed by atoms with E-state index in [1.807, 2.05) is 36.4 Å². The van der Waals surface area contributed by atoms with Gasteiger partial charge in [0.2, 0.25) is 0 Å². The van der Waals surface area contributed by atoms with Crippen LogP contribution in [0.25, 0.3) is 10.8 Å². The maximum Gasteiger partial charge on any atom is 0.494 e. The lowest BCUT2D eigenvalue weighted by Crippen LogP contribution is -2.41. The molecule has 26 heavy (non-hydrogen) atoms. The monoisotopic (exact) mass is 346 g/mol. The van der Waals surface area contributed by atoms with E-state index in [1.165, 1.54) is 0 Å². The molecule has 3 aromatic carbocycles. The summed E-state index contributed by atoms with van der Waals surface area (Å²) in [6.07, 6.45) is 0. The SMILES string of the molecule is CC1(C)OB(c2ccc3cc(Oc4ccccc4)ccc3c2)OC1(C)C. The molecule has 0 bridgehead atoms. The third-order valence-electron chi connectivity index (χ3n) is 5.34. The van der Waals surface area contributed by atoms with Crippen LogP contribution in [0.4, 0.5) is 0 Å². The van der Waals surface area contributed by atoms with Gasteiger partial charge in [-0.3, -0.25) is 0 Å². The van der Waals surface area contributed by atoms with Gasteiger partial charge in [0.05, 0.1) is 11.2 Å². The molecule has 0 amide bonds. The summed E-state index contributed by atoms with van der Waals surface area (Å²) in [5.41, 5.74) is 0.368. The first-order valence-electron chi connectivity index (χ1n) is 8.96. The number of rotatable bonds is 3. The number of hydrogen-bond acceptors (Lipinski definition) is 3. The minimum Gasteiger partial charge on any atom is -0.457 e. The Balaban J connectivity index is 1.60. The van der Waals surface area contributed by atoms with Crippen molar-refractivity contribution in [3.63, 3.8) is 0 Å². The van der Waals surface area contributed by atoms with E-state index in [2.05, 4.69) is 58.0 Å². The maximum atomic E-state index is 6.15. The standard InChI is InChI=1S/C22H23BO3/c1-21(2)22(3,4)26-23(25-21)18-12-10-17-15-20(13-11-16(17)14-18)24-19-8-6-5-7-9-19/h5-15H,1-4H3. The van der Waals surface area contributed by atoms with Gasteiger partial charge in [0, 0.05) is 0 Å². The fourth-order valence-electron chi connectivity index (χ4n) is 3.06. The van der Waals surface area contributed by atoms with Gasteiger partial charge in [0.1, 0.15) is 11.5 Å². The first-order valence-corrected chi connectivity index (χ1v) is 8.96. The molecule has 1 aliphatic rings. The number of fused-ring (bicyclic) bond motifs is 1. The van der Waals surface area contributed by atoms with Crippen LogP contribution in [0.2, 0.25) is 0 Å². The molecule has 0 aromatic heterocycles. The number of ether oxygens (including phenoxy) is 1. The fourth-order valence-corrected chi connectivity index (χ4v) is 3.06. The zero-order chi connectivity index (χ0) is 18.4. The van der Waals surface area contributed by atoms with E-state index in [1.54, 1.807) is 0 Å². The van der Waals surface area contributed by atoms with Crippen molar-refractivity contribution in [1.29, 1.82) is 0 Å². The minimum atomic E-state index is -0.343. The normalized spacial score (nSPS) is 18.2. The van der Waals surface area contributed by atoms with E-state index in [9.17, 15) is 0 Å². The predicted octanol–water partition coefficient (Wildman–Crippen LogP) is 4.93. The van der Waals surface area contributed by atoms with Gasteiger partial charge in [-0.1, -0.05) is 42.5 Å². The molecule has 0 atom stereocenters. The van der Waals surface area contributed by atoms with Crippen molar-refractivity contribution in [2.45, 2.75) is 38.9 Å². The van der Waals surface area contributed by atoms with E-state index in [4.69, 9.17) is 14.0 Å². The second-order valence-electron chi connectivity index (χ2n) is 7.77. The molecule has 0 radical (unpaired) electrons. The van der Waals surface area contributed by atoms with Gasteiger partial charge >= 0.3 is 7.12 Å². The smallest absolute Gasteiger partial charge is 0.457 e. The highest BCUT2D eigenvalue weighted by Crippen LogP contribution is 2.36. The number of para-hydroxylation sites is 1. The summed E-state index contributed by atoms with van der Waals surface area (Å²) in [5, 5.41) is 2.26. The molecular weight excluding hydrogens is 323 g/mol. The van der Waals surface area contributed by atoms with Crippen molar-refractivity contribution < 1.29 is 14.0 Å². The summed E-state index contributed by atoms with van der Waals surface area (Å²) in [6.45, 7) is 8.28. The summed E-state index contributed by atoms with van der Waals surface area (Å²) in [4.78, 5) is 0. The van der Waals surface area contributed by atoms with Crippen LogP contribution in [-0.2, 0) is 9.31 Å². The van der Waals surface area contributed by atoms with E-state index in [0.717, 1.165) is 27.7 Å². The Morgan fingerprint density at radius 1 is 0.692 bits per heavy atom. The second-order valence-corrected chi connectivity index (χ2v) is 7.77. The average Bonchev–Trinajstić information content (AvgIpc) is 2.83. The average molecular weight is 346 g/mol. The summed E-state index contributed by atoms with van der Waals surface area (Å²) >= 11 is 0. The Morgan fingerprint density at radius 3 is 2.00 bits per heavy atom. The van der Waals surface area contributed by atoms with Crippen LogP contribution in [-0.4, -0.2) is 18.3 Å². The Labute approximate surface area is 155 Å². The molecule has 4 heteroatoms. The highest BCUT2D eigenvalue weighted by Gasteiger charge is 2.51. The predicted molar refractivity (Wildman–Crippen MR) is 106 cm³/mol. The third-order valence-corrected chi connectivity index (χ3v) is 5.34. The van der Waals surface area contributed by atoms with Gasteiger partial charge in [-0.15, -0.1) is 0 Å². The third kappa shape index (κ3) is 3.11. The topological polar surface area (TPSA) is 27.7 Å². The molecule has 4 rings (SSSR count). The van der Waals surface area contributed by atoms with Crippen LogP contribution in [0, 0.1) is 0 Å². The lowest BCUT2D eigenvalue weighted by atomic mass is 9.78. The van der Waals surface area contributed by atoms with Gasteiger partial charge in [-0.2, -0.15) is 0 Å². The quantitative estimate of drug-likeness (QED) is 0.629. The van der Waals surface area contributed by atoms with Crippen LogP contribution in [0.5, 0.6) is 11.5 Å². The molecule has 3 nitrogen and oxygen atoms in total. The zero-order valence-corrected chi connectivity index (χ0v) is 15.7. The summed E-state index contributed by atoms with van der Waals surface area (Å²) in [5.74, 6) is 1.66. The highest BCUT2D eigenvalue weighted by molar-refractivity contribution is 6.62.